The highest BCUT2D eigenvalue weighted by Gasteiger charge is 2.48. The highest BCUT2D eigenvalue weighted by atomic mass is 16.5. The van der Waals surface area contributed by atoms with Gasteiger partial charge < -0.3 is 29.6 Å². The minimum Gasteiger partial charge on any atom is -0.464 e. The summed E-state index contributed by atoms with van der Waals surface area (Å²) in [7, 11) is 4.97. The molecule has 36 heavy (non-hydrogen) atoms. The van der Waals surface area contributed by atoms with Crippen molar-refractivity contribution in [2.45, 2.75) is 0 Å². The van der Waals surface area contributed by atoms with Gasteiger partial charge in [0, 0.05) is 44.8 Å². The van der Waals surface area contributed by atoms with Gasteiger partial charge in [0.2, 0.25) is 0 Å². The van der Waals surface area contributed by atoms with E-state index in [9.17, 15) is 4.79 Å². The van der Waals surface area contributed by atoms with E-state index < -0.39 is 5.97 Å². The molecule has 2 aliphatic heterocycles. The molecule has 2 N–H and O–H groups in total. The fourth-order valence-corrected chi connectivity index (χ4v) is 4.75. The summed E-state index contributed by atoms with van der Waals surface area (Å²) in [6.07, 6.45) is 5.12. The van der Waals surface area contributed by atoms with Gasteiger partial charge in [0.25, 0.3) is 0 Å². The molecule has 2 fully saturated rings. The lowest BCUT2D eigenvalue weighted by molar-refractivity contribution is -0.127. The number of hydrogen-bond donors (Lipinski definition) is 2. The Bertz CT molecular complexity index is 1450. The van der Waals surface area contributed by atoms with Gasteiger partial charge in [-0.1, -0.05) is 0 Å². The number of nitrogens with one attached hydrogen (secondary N) is 2. The molecule has 0 atom stereocenters. The molecule has 0 aliphatic carbocycles. The van der Waals surface area contributed by atoms with Gasteiger partial charge in [0.1, 0.15) is 11.2 Å². The van der Waals surface area contributed by atoms with Crippen LogP contribution in [-0.4, -0.2) is 70.9 Å². The number of benzene rings is 1. The van der Waals surface area contributed by atoms with Crippen molar-refractivity contribution in [2.24, 2.45) is 12.5 Å². The summed E-state index contributed by atoms with van der Waals surface area (Å²) in [4.78, 5) is 33.3. The van der Waals surface area contributed by atoms with E-state index >= 15 is 0 Å². The average molecular weight is 487 g/mol. The summed E-state index contributed by atoms with van der Waals surface area (Å²) in [5.74, 6) is 0.175. The van der Waals surface area contributed by atoms with Crippen molar-refractivity contribution in [3.63, 3.8) is 0 Å². The Morgan fingerprint density at radius 1 is 1.11 bits per heavy atom. The number of esters is 1. The van der Waals surface area contributed by atoms with Crippen LogP contribution in [0.1, 0.15) is 10.5 Å². The molecule has 11 nitrogen and oxygen atoms in total. The fraction of sp³-hybridized carbons (Fsp3) is 0.320. The Labute approximate surface area is 207 Å². The van der Waals surface area contributed by atoms with Crippen molar-refractivity contribution >= 4 is 40.0 Å². The molecule has 0 radical (unpaired) electrons. The van der Waals surface area contributed by atoms with E-state index in [4.69, 9.17) is 14.5 Å². The molecule has 2 saturated heterocycles. The number of aryl methyl sites for hydroxylation is 1. The maximum absolute atomic E-state index is 12.7. The zero-order valence-corrected chi connectivity index (χ0v) is 20.3. The van der Waals surface area contributed by atoms with Crippen LogP contribution in [0.2, 0.25) is 0 Å². The molecule has 0 bridgehead atoms. The first kappa shape index (κ1) is 22.2. The number of anilines is 4. The summed E-state index contributed by atoms with van der Waals surface area (Å²) < 4.78 is 12.3. The number of nitrogens with zero attached hydrogens (tertiary/aromatic N) is 6. The third-order valence-electron chi connectivity index (χ3n) is 6.77. The Kier molecular flexibility index (Phi) is 5.22. The number of fused-ring (bicyclic) bond motifs is 1. The van der Waals surface area contributed by atoms with E-state index in [0.717, 1.165) is 43.2 Å². The minimum absolute atomic E-state index is 0.0678. The lowest BCUT2D eigenvalue weighted by atomic mass is 9.78. The number of methoxy groups -OCH3 is 1. The third kappa shape index (κ3) is 3.59. The Balaban J connectivity index is 1.33. The summed E-state index contributed by atoms with van der Waals surface area (Å²) in [5.41, 5.74) is 5.03. The van der Waals surface area contributed by atoms with Crippen molar-refractivity contribution in [1.82, 2.24) is 24.5 Å². The summed E-state index contributed by atoms with van der Waals surface area (Å²) >= 11 is 0. The van der Waals surface area contributed by atoms with Crippen molar-refractivity contribution in [2.75, 3.05) is 56.0 Å². The van der Waals surface area contributed by atoms with E-state index in [1.807, 2.05) is 23.7 Å². The van der Waals surface area contributed by atoms with Crippen LogP contribution in [0, 0.1) is 5.41 Å². The number of ether oxygens (including phenoxy) is 2. The largest absolute Gasteiger partial charge is 0.464 e. The van der Waals surface area contributed by atoms with Gasteiger partial charge in [-0.25, -0.2) is 19.7 Å². The van der Waals surface area contributed by atoms with Crippen molar-refractivity contribution in [3.05, 3.63) is 48.7 Å². The lowest BCUT2D eigenvalue weighted by Crippen LogP contribution is -2.66. The smallest absolute Gasteiger partial charge is 0.360 e. The standard InChI is InChI=1S/C25H26N8O3/c1-26-22-20(17-8-27-9-18-19(17)28-14-32(18)2)30-21(24(34)35-3)23(31-22)29-15-4-6-16(7-5-15)33-10-25(11-33)12-36-13-25/h4-9,14H,10-13H2,1-3H3,(H2,26,29,31). The van der Waals surface area contributed by atoms with Gasteiger partial charge in [-0.2, -0.15) is 0 Å². The van der Waals surface area contributed by atoms with Gasteiger partial charge in [-0.3, -0.25) is 4.98 Å². The second-order valence-electron chi connectivity index (χ2n) is 9.29. The number of imidazole rings is 1. The number of pyridine rings is 1. The first-order valence-corrected chi connectivity index (χ1v) is 11.6. The van der Waals surface area contributed by atoms with E-state index in [-0.39, 0.29) is 5.69 Å². The van der Waals surface area contributed by atoms with Gasteiger partial charge in [-0.05, 0) is 24.3 Å². The van der Waals surface area contributed by atoms with Crippen molar-refractivity contribution in [3.8, 4) is 11.3 Å². The van der Waals surface area contributed by atoms with Gasteiger partial charge in [0.15, 0.2) is 17.3 Å². The first-order chi connectivity index (χ1) is 17.5. The van der Waals surface area contributed by atoms with Crippen LogP contribution in [0.15, 0.2) is 43.0 Å². The maximum atomic E-state index is 12.7. The molecule has 5 heterocycles. The molecule has 2 aliphatic rings. The van der Waals surface area contributed by atoms with E-state index in [2.05, 4.69) is 42.6 Å². The number of aromatic nitrogens is 5. The van der Waals surface area contributed by atoms with Crippen LogP contribution in [0.25, 0.3) is 22.3 Å². The number of rotatable bonds is 6. The number of carbonyl (C=O) groups is 1. The van der Waals surface area contributed by atoms with Crippen LogP contribution >= 0.6 is 0 Å². The predicted molar refractivity (Wildman–Crippen MR) is 136 cm³/mol. The van der Waals surface area contributed by atoms with Crippen LogP contribution in [0.5, 0.6) is 0 Å². The zero-order chi connectivity index (χ0) is 24.9. The molecule has 0 amide bonds. The molecule has 11 heteroatoms. The highest BCUT2D eigenvalue weighted by molar-refractivity contribution is 5.98. The molecule has 0 unspecified atom stereocenters. The summed E-state index contributed by atoms with van der Waals surface area (Å²) in [5, 5.41) is 6.32. The highest BCUT2D eigenvalue weighted by Crippen LogP contribution is 2.40. The van der Waals surface area contributed by atoms with E-state index in [1.165, 1.54) is 7.11 Å². The number of carbonyl (C=O) groups excluding carboxylic acids is 1. The quantitative estimate of drug-likeness (QED) is 0.394. The predicted octanol–water partition coefficient (Wildman–Crippen LogP) is 2.83. The van der Waals surface area contributed by atoms with Crippen LogP contribution < -0.4 is 15.5 Å². The summed E-state index contributed by atoms with van der Waals surface area (Å²) in [6, 6.07) is 8.04. The second kappa shape index (κ2) is 8.45. The Morgan fingerprint density at radius 3 is 2.56 bits per heavy atom. The van der Waals surface area contributed by atoms with Crippen LogP contribution in [0.3, 0.4) is 0 Å². The van der Waals surface area contributed by atoms with E-state index in [1.54, 1.807) is 25.8 Å². The zero-order valence-electron chi connectivity index (χ0n) is 20.3. The van der Waals surface area contributed by atoms with Crippen molar-refractivity contribution < 1.29 is 14.3 Å². The Morgan fingerprint density at radius 2 is 1.89 bits per heavy atom. The monoisotopic (exact) mass is 486 g/mol. The molecule has 1 aromatic carbocycles. The normalized spacial score (nSPS) is 15.9. The number of hydrogen-bond acceptors (Lipinski definition) is 10. The van der Waals surface area contributed by atoms with Crippen LogP contribution in [0.4, 0.5) is 23.0 Å². The molecule has 6 rings (SSSR count). The molecule has 184 valence electrons. The first-order valence-electron chi connectivity index (χ1n) is 11.6. The third-order valence-corrected chi connectivity index (χ3v) is 6.77. The average Bonchev–Trinajstić information content (AvgIpc) is 3.23. The molecule has 1 spiro atoms. The van der Waals surface area contributed by atoms with Gasteiger partial charge in [0.05, 0.1) is 49.3 Å². The maximum Gasteiger partial charge on any atom is 0.360 e. The molecular weight excluding hydrogens is 460 g/mol. The summed E-state index contributed by atoms with van der Waals surface area (Å²) in [6.45, 7) is 3.74. The minimum atomic E-state index is -0.597. The topological polar surface area (TPSA) is 119 Å². The van der Waals surface area contributed by atoms with E-state index in [0.29, 0.717) is 33.8 Å². The van der Waals surface area contributed by atoms with Gasteiger partial charge >= 0.3 is 5.97 Å². The fourth-order valence-electron chi connectivity index (χ4n) is 4.75. The lowest BCUT2D eigenvalue weighted by Gasteiger charge is -2.56. The van der Waals surface area contributed by atoms with Gasteiger partial charge in [-0.15, -0.1) is 0 Å². The van der Waals surface area contributed by atoms with Crippen LogP contribution in [-0.2, 0) is 16.5 Å². The second-order valence-corrected chi connectivity index (χ2v) is 9.29. The Hall–Kier alpha value is -4.25. The molecule has 4 aromatic rings. The van der Waals surface area contributed by atoms with Crippen molar-refractivity contribution in [1.29, 1.82) is 0 Å². The molecule has 0 saturated carbocycles. The SMILES string of the molecule is CNc1nc(Nc2ccc(N3CC4(COC4)C3)cc2)c(C(=O)OC)nc1-c1cncc2c1ncn2C. The molecular formula is C25H26N8O3. The molecule has 3 aromatic heterocycles.